The van der Waals surface area contributed by atoms with Crippen molar-refractivity contribution in [3.8, 4) is 22.3 Å². The fourth-order valence-corrected chi connectivity index (χ4v) is 8.00. The molecule has 0 N–H and O–H groups in total. The first kappa shape index (κ1) is 29.2. The second kappa shape index (κ2) is 12.0. The molecular formula is C50H33N. The summed E-state index contributed by atoms with van der Waals surface area (Å²) in [7, 11) is 0. The number of benzene rings is 10. The molecule has 0 radical (unpaired) electrons. The van der Waals surface area contributed by atoms with Crippen LogP contribution >= 0.6 is 0 Å². The van der Waals surface area contributed by atoms with Crippen LogP contribution in [0.1, 0.15) is 0 Å². The van der Waals surface area contributed by atoms with E-state index in [1.807, 2.05) is 0 Å². The highest BCUT2D eigenvalue weighted by Crippen LogP contribution is 2.44. The second-order valence-corrected chi connectivity index (χ2v) is 13.3. The molecule has 1 nitrogen and oxygen atoms in total. The molecule has 0 spiro atoms. The van der Waals surface area contributed by atoms with Crippen LogP contribution in [0.4, 0.5) is 17.1 Å². The minimum atomic E-state index is 1.11. The van der Waals surface area contributed by atoms with Gasteiger partial charge in [-0.3, -0.25) is 0 Å². The van der Waals surface area contributed by atoms with Crippen LogP contribution in [0.25, 0.3) is 76.1 Å². The lowest BCUT2D eigenvalue weighted by atomic mass is 9.90. The Kier molecular flexibility index (Phi) is 6.89. The number of fused-ring (bicyclic) bond motifs is 8. The van der Waals surface area contributed by atoms with E-state index in [-0.39, 0.29) is 0 Å². The predicted molar refractivity (Wildman–Crippen MR) is 220 cm³/mol. The molecule has 0 unspecified atom stereocenters. The summed E-state index contributed by atoms with van der Waals surface area (Å²) in [5.74, 6) is 0. The van der Waals surface area contributed by atoms with E-state index in [1.165, 1.54) is 76.1 Å². The molecule has 0 aliphatic heterocycles. The Bertz CT molecular complexity index is 2900. The van der Waals surface area contributed by atoms with Crippen molar-refractivity contribution in [3.05, 3.63) is 200 Å². The molecule has 10 aromatic rings. The number of hydrogen-bond donors (Lipinski definition) is 0. The van der Waals surface area contributed by atoms with Gasteiger partial charge in [0, 0.05) is 16.9 Å². The van der Waals surface area contributed by atoms with Gasteiger partial charge in [0.2, 0.25) is 0 Å². The summed E-state index contributed by atoms with van der Waals surface area (Å²) in [5, 5.41) is 12.7. The molecule has 10 rings (SSSR count). The van der Waals surface area contributed by atoms with Crippen LogP contribution in [0.15, 0.2) is 200 Å². The molecular weight excluding hydrogens is 615 g/mol. The minimum absolute atomic E-state index is 1.11. The number of anilines is 3. The molecule has 51 heavy (non-hydrogen) atoms. The lowest BCUT2D eigenvalue weighted by Crippen LogP contribution is -2.11. The maximum Gasteiger partial charge on any atom is 0.0540 e. The van der Waals surface area contributed by atoms with Crippen molar-refractivity contribution in [3.63, 3.8) is 0 Å². The van der Waals surface area contributed by atoms with Crippen LogP contribution in [0.3, 0.4) is 0 Å². The SMILES string of the molecule is c1ccc(-c2ccccc2N(c2ccc(-c3cc4ccc5ccccc5c4c4ccccc34)cc2)c2ccc3c(ccc4ccccc43)c2)cc1. The van der Waals surface area contributed by atoms with E-state index in [0.29, 0.717) is 0 Å². The van der Waals surface area contributed by atoms with Crippen LogP contribution in [0.5, 0.6) is 0 Å². The summed E-state index contributed by atoms with van der Waals surface area (Å²) in [6.07, 6.45) is 0. The molecule has 0 saturated carbocycles. The smallest absolute Gasteiger partial charge is 0.0540 e. The van der Waals surface area contributed by atoms with Crippen LogP contribution in [0.2, 0.25) is 0 Å². The van der Waals surface area contributed by atoms with Gasteiger partial charge >= 0.3 is 0 Å². The molecule has 238 valence electrons. The number of rotatable bonds is 5. The second-order valence-electron chi connectivity index (χ2n) is 13.3. The van der Waals surface area contributed by atoms with Crippen LogP contribution in [0, 0.1) is 0 Å². The van der Waals surface area contributed by atoms with E-state index in [9.17, 15) is 0 Å². The molecule has 0 aromatic heterocycles. The highest BCUT2D eigenvalue weighted by atomic mass is 15.1. The highest BCUT2D eigenvalue weighted by molar-refractivity contribution is 6.23. The lowest BCUT2D eigenvalue weighted by Gasteiger charge is -2.28. The van der Waals surface area contributed by atoms with Crippen LogP contribution < -0.4 is 4.90 Å². The average Bonchev–Trinajstić information content (AvgIpc) is 3.21. The van der Waals surface area contributed by atoms with Gasteiger partial charge in [-0.05, 0) is 107 Å². The van der Waals surface area contributed by atoms with Gasteiger partial charge < -0.3 is 4.90 Å². The lowest BCUT2D eigenvalue weighted by molar-refractivity contribution is 1.29. The fourth-order valence-electron chi connectivity index (χ4n) is 8.00. The third kappa shape index (κ3) is 4.94. The Labute approximate surface area is 297 Å². The summed E-state index contributed by atoms with van der Waals surface area (Å²) >= 11 is 0. The standard InChI is InChI=1S/C50H33N/c1-2-12-34(13-3-1)44-17-10-11-21-49(44)51(41-30-31-43-38(32-41)24-22-35-14-4-6-16-42(35)43)40-28-26-37(27-29-40)48-33-39-25-23-36-15-5-7-18-45(36)50(39)47-20-9-8-19-46(47)48/h1-33H. The fraction of sp³-hybridized carbons (Fsp3) is 0. The van der Waals surface area contributed by atoms with Gasteiger partial charge in [0.25, 0.3) is 0 Å². The zero-order chi connectivity index (χ0) is 33.7. The third-order valence-electron chi connectivity index (χ3n) is 10.4. The third-order valence-corrected chi connectivity index (χ3v) is 10.4. The van der Waals surface area contributed by atoms with Crippen molar-refractivity contribution in [2.45, 2.75) is 0 Å². The normalized spacial score (nSPS) is 11.5. The first-order valence-electron chi connectivity index (χ1n) is 17.6. The molecule has 0 bridgehead atoms. The van der Waals surface area contributed by atoms with Gasteiger partial charge in [-0.1, -0.05) is 164 Å². The molecule has 0 aliphatic carbocycles. The van der Waals surface area contributed by atoms with Gasteiger partial charge in [0.15, 0.2) is 0 Å². The van der Waals surface area contributed by atoms with Crippen LogP contribution in [-0.4, -0.2) is 0 Å². The summed E-state index contributed by atoms with van der Waals surface area (Å²) in [6, 6.07) is 73.0. The van der Waals surface area contributed by atoms with Crippen molar-refractivity contribution < 1.29 is 0 Å². The molecule has 0 fully saturated rings. The average molecular weight is 648 g/mol. The van der Waals surface area contributed by atoms with Gasteiger partial charge in [-0.2, -0.15) is 0 Å². The minimum Gasteiger partial charge on any atom is -0.310 e. The molecule has 1 heteroatoms. The monoisotopic (exact) mass is 647 g/mol. The Morgan fingerprint density at radius 3 is 1.63 bits per heavy atom. The van der Waals surface area contributed by atoms with Crippen molar-refractivity contribution >= 4 is 70.9 Å². The Morgan fingerprint density at radius 2 is 0.824 bits per heavy atom. The summed E-state index contributed by atoms with van der Waals surface area (Å²) in [5.41, 5.74) is 8.19. The highest BCUT2D eigenvalue weighted by Gasteiger charge is 2.19. The number of nitrogens with zero attached hydrogens (tertiary/aromatic N) is 1. The number of para-hydroxylation sites is 1. The first-order chi connectivity index (χ1) is 25.3. The molecule has 0 atom stereocenters. The quantitative estimate of drug-likeness (QED) is 0.168. The summed E-state index contributed by atoms with van der Waals surface area (Å²) in [6.45, 7) is 0. The van der Waals surface area contributed by atoms with E-state index in [4.69, 9.17) is 0 Å². The van der Waals surface area contributed by atoms with Gasteiger partial charge in [-0.15, -0.1) is 0 Å². The maximum absolute atomic E-state index is 2.41. The zero-order valence-corrected chi connectivity index (χ0v) is 28.0. The van der Waals surface area contributed by atoms with Crippen molar-refractivity contribution in [1.29, 1.82) is 0 Å². The van der Waals surface area contributed by atoms with Crippen LogP contribution in [-0.2, 0) is 0 Å². The first-order valence-corrected chi connectivity index (χ1v) is 17.6. The molecule has 0 saturated heterocycles. The molecule has 0 aliphatic rings. The van der Waals surface area contributed by atoms with E-state index in [0.717, 1.165) is 17.1 Å². The van der Waals surface area contributed by atoms with Crippen molar-refractivity contribution in [2.75, 3.05) is 4.90 Å². The summed E-state index contributed by atoms with van der Waals surface area (Å²) < 4.78 is 0. The zero-order valence-electron chi connectivity index (χ0n) is 28.0. The van der Waals surface area contributed by atoms with E-state index in [2.05, 4.69) is 205 Å². The van der Waals surface area contributed by atoms with Gasteiger partial charge in [-0.25, -0.2) is 0 Å². The van der Waals surface area contributed by atoms with Gasteiger partial charge in [0.1, 0.15) is 0 Å². The Morgan fingerprint density at radius 1 is 0.275 bits per heavy atom. The van der Waals surface area contributed by atoms with E-state index in [1.54, 1.807) is 0 Å². The Balaban J connectivity index is 1.15. The molecule has 10 aromatic carbocycles. The Hall–Kier alpha value is -6.70. The van der Waals surface area contributed by atoms with Crippen molar-refractivity contribution in [2.24, 2.45) is 0 Å². The number of hydrogen-bond acceptors (Lipinski definition) is 1. The van der Waals surface area contributed by atoms with E-state index < -0.39 is 0 Å². The maximum atomic E-state index is 2.41. The molecule has 0 heterocycles. The van der Waals surface area contributed by atoms with Gasteiger partial charge in [0.05, 0.1) is 5.69 Å². The molecule has 0 amide bonds. The van der Waals surface area contributed by atoms with Crippen molar-refractivity contribution in [1.82, 2.24) is 0 Å². The summed E-state index contributed by atoms with van der Waals surface area (Å²) in [4.78, 5) is 2.41. The predicted octanol–water partition coefficient (Wildman–Crippen LogP) is 14.3. The van der Waals surface area contributed by atoms with E-state index >= 15 is 0 Å². The topological polar surface area (TPSA) is 3.24 Å². The largest absolute Gasteiger partial charge is 0.310 e.